The molecule has 0 radical (unpaired) electrons. The number of hydrogen-bond acceptors (Lipinski definition) is 6. The van der Waals surface area contributed by atoms with E-state index in [4.69, 9.17) is 10.3 Å². The summed E-state index contributed by atoms with van der Waals surface area (Å²) in [5.41, 5.74) is 10.1. The highest BCUT2D eigenvalue weighted by molar-refractivity contribution is 5.91. The molecule has 1 aromatic carbocycles. The molecule has 0 saturated carbocycles. The van der Waals surface area contributed by atoms with Gasteiger partial charge in [0, 0.05) is 11.6 Å². The van der Waals surface area contributed by atoms with Gasteiger partial charge in [-0.2, -0.15) is 10.4 Å². The number of carbonyl (C=O) groups is 1. The van der Waals surface area contributed by atoms with Crippen LogP contribution in [0.25, 0.3) is 11.3 Å². The molecule has 3 N–H and O–H groups in total. The van der Waals surface area contributed by atoms with Gasteiger partial charge in [-0.25, -0.2) is 4.68 Å². The predicted octanol–water partition coefficient (Wildman–Crippen LogP) is 4.44. The summed E-state index contributed by atoms with van der Waals surface area (Å²) >= 11 is 0. The second-order valence-corrected chi connectivity index (χ2v) is 8.86. The van der Waals surface area contributed by atoms with Crippen molar-refractivity contribution in [3.05, 3.63) is 59.3 Å². The lowest BCUT2D eigenvalue weighted by Crippen LogP contribution is -2.24. The average molecular weight is 433 g/mol. The van der Waals surface area contributed by atoms with E-state index in [9.17, 15) is 10.1 Å². The van der Waals surface area contributed by atoms with Crippen LogP contribution in [0.5, 0.6) is 0 Å². The van der Waals surface area contributed by atoms with Gasteiger partial charge in [-0.3, -0.25) is 10.1 Å². The number of amides is 1. The highest BCUT2D eigenvalue weighted by Gasteiger charge is 2.24. The number of carbonyl (C=O) groups excluding carboxylic acids is 1. The number of nitrogens with one attached hydrogen (secondary N) is 1. The van der Waals surface area contributed by atoms with Crippen molar-refractivity contribution in [1.82, 2.24) is 14.9 Å². The normalized spacial score (nSPS) is 11.2. The first-order valence-electron chi connectivity index (χ1n) is 10.4. The van der Waals surface area contributed by atoms with Crippen LogP contribution in [-0.2, 0) is 23.2 Å². The lowest BCUT2D eigenvalue weighted by atomic mass is 10.0. The fourth-order valence-corrected chi connectivity index (χ4v) is 3.23. The zero-order valence-electron chi connectivity index (χ0n) is 18.9. The molecule has 0 aliphatic rings. The zero-order valence-corrected chi connectivity index (χ0v) is 18.9. The summed E-state index contributed by atoms with van der Waals surface area (Å²) in [5, 5.41) is 20.8. The molecule has 8 heteroatoms. The number of rotatable bonds is 7. The summed E-state index contributed by atoms with van der Waals surface area (Å²) in [6.45, 7) is 11.7. The Morgan fingerprint density at radius 2 is 2.00 bits per heavy atom. The Morgan fingerprint density at radius 1 is 1.31 bits per heavy atom. The summed E-state index contributed by atoms with van der Waals surface area (Å²) in [6, 6.07) is 11.2. The SMILES string of the molecule is C=C(C)CCc1cc(NC(=O)Cc2ccc(-c3nn(C(C)(C)C)c(N)c3C#N)cc2)on1. The molecule has 2 aromatic heterocycles. The van der Waals surface area contributed by atoms with E-state index in [1.54, 1.807) is 10.7 Å². The maximum Gasteiger partial charge on any atom is 0.231 e. The lowest BCUT2D eigenvalue weighted by molar-refractivity contribution is -0.115. The Labute approximate surface area is 187 Å². The minimum Gasteiger partial charge on any atom is -0.383 e. The molecule has 32 heavy (non-hydrogen) atoms. The Bertz CT molecular complexity index is 1170. The van der Waals surface area contributed by atoms with Crippen LogP contribution < -0.4 is 11.1 Å². The number of nitrogens with zero attached hydrogens (tertiary/aromatic N) is 4. The smallest absolute Gasteiger partial charge is 0.231 e. The molecule has 1 amide bonds. The molecule has 0 bridgehead atoms. The molecule has 0 fully saturated rings. The minimum absolute atomic E-state index is 0.172. The summed E-state index contributed by atoms with van der Waals surface area (Å²) in [6.07, 6.45) is 1.71. The second kappa shape index (κ2) is 9.10. The Balaban J connectivity index is 1.68. The third-order valence-corrected chi connectivity index (χ3v) is 4.89. The number of nitriles is 1. The number of anilines is 2. The van der Waals surface area contributed by atoms with Gasteiger partial charge >= 0.3 is 0 Å². The summed E-state index contributed by atoms with van der Waals surface area (Å²) in [7, 11) is 0. The van der Waals surface area contributed by atoms with Crippen LogP contribution in [0.2, 0.25) is 0 Å². The first-order chi connectivity index (χ1) is 15.1. The molecule has 8 nitrogen and oxygen atoms in total. The number of hydrogen-bond donors (Lipinski definition) is 2. The molecular weight excluding hydrogens is 404 g/mol. The Hall–Kier alpha value is -3.86. The molecule has 0 saturated heterocycles. The topological polar surface area (TPSA) is 123 Å². The van der Waals surface area contributed by atoms with Gasteiger partial charge in [-0.1, -0.05) is 35.0 Å². The van der Waals surface area contributed by atoms with E-state index in [0.717, 1.165) is 35.2 Å². The van der Waals surface area contributed by atoms with Crippen LogP contribution in [0.4, 0.5) is 11.7 Å². The molecule has 0 aliphatic heterocycles. The number of benzene rings is 1. The van der Waals surface area contributed by atoms with Crippen LogP contribution in [0, 0.1) is 11.3 Å². The monoisotopic (exact) mass is 432 g/mol. The van der Waals surface area contributed by atoms with E-state index in [1.165, 1.54) is 0 Å². The standard InChI is InChI=1S/C24H28N6O2/c1-15(2)6-11-18-13-21(32-29-18)27-20(31)12-16-7-9-17(10-8-16)22-19(14-25)23(26)30(28-22)24(3,4)5/h7-10,13H,1,6,11-12,26H2,2-5H3,(H,27,31). The predicted molar refractivity (Wildman–Crippen MR) is 124 cm³/mol. The minimum atomic E-state index is -0.350. The van der Waals surface area contributed by atoms with Gasteiger partial charge in [-0.15, -0.1) is 6.58 Å². The van der Waals surface area contributed by atoms with Gasteiger partial charge in [0.25, 0.3) is 0 Å². The van der Waals surface area contributed by atoms with Crippen LogP contribution in [0.15, 0.2) is 47.0 Å². The molecule has 3 aromatic rings. The highest BCUT2D eigenvalue weighted by Crippen LogP contribution is 2.30. The fourth-order valence-electron chi connectivity index (χ4n) is 3.23. The van der Waals surface area contributed by atoms with Crippen molar-refractivity contribution in [2.24, 2.45) is 0 Å². The van der Waals surface area contributed by atoms with Crippen LogP contribution >= 0.6 is 0 Å². The van der Waals surface area contributed by atoms with Gasteiger partial charge in [0.2, 0.25) is 11.8 Å². The molecular formula is C24H28N6O2. The van der Waals surface area contributed by atoms with E-state index in [1.807, 2.05) is 52.0 Å². The van der Waals surface area contributed by atoms with Crippen molar-refractivity contribution in [2.75, 3.05) is 11.1 Å². The Morgan fingerprint density at radius 3 is 2.59 bits per heavy atom. The number of allylic oxidation sites excluding steroid dienone is 1. The second-order valence-electron chi connectivity index (χ2n) is 8.86. The van der Waals surface area contributed by atoms with E-state index in [-0.39, 0.29) is 17.9 Å². The van der Waals surface area contributed by atoms with Crippen LogP contribution in [0.1, 0.15) is 50.9 Å². The number of nitrogens with two attached hydrogens (primary N) is 1. The van der Waals surface area contributed by atoms with E-state index < -0.39 is 0 Å². The quantitative estimate of drug-likeness (QED) is 0.532. The maximum atomic E-state index is 12.4. The molecule has 0 spiro atoms. The Kier molecular flexibility index (Phi) is 6.49. The largest absolute Gasteiger partial charge is 0.383 e. The highest BCUT2D eigenvalue weighted by atomic mass is 16.5. The molecule has 0 atom stereocenters. The molecule has 3 rings (SSSR count). The molecule has 2 heterocycles. The van der Waals surface area contributed by atoms with Gasteiger partial charge in [-0.05, 0) is 46.1 Å². The number of aromatic nitrogens is 3. The molecule has 166 valence electrons. The summed E-state index contributed by atoms with van der Waals surface area (Å²) < 4.78 is 6.84. The van der Waals surface area contributed by atoms with E-state index in [2.05, 4.69) is 28.2 Å². The van der Waals surface area contributed by atoms with Crippen LogP contribution in [0.3, 0.4) is 0 Å². The van der Waals surface area contributed by atoms with Crippen molar-refractivity contribution in [2.45, 2.75) is 52.5 Å². The summed E-state index contributed by atoms with van der Waals surface area (Å²) in [5.74, 6) is 0.456. The lowest BCUT2D eigenvalue weighted by Gasteiger charge is -2.20. The third-order valence-electron chi connectivity index (χ3n) is 4.89. The van der Waals surface area contributed by atoms with Crippen molar-refractivity contribution in [1.29, 1.82) is 5.26 Å². The zero-order chi connectivity index (χ0) is 23.5. The van der Waals surface area contributed by atoms with Gasteiger partial charge in [0.05, 0.1) is 17.7 Å². The van der Waals surface area contributed by atoms with Gasteiger partial charge in [0.1, 0.15) is 23.1 Å². The van der Waals surface area contributed by atoms with Crippen molar-refractivity contribution < 1.29 is 9.32 Å². The van der Waals surface area contributed by atoms with Gasteiger partial charge < -0.3 is 10.3 Å². The van der Waals surface area contributed by atoms with Gasteiger partial charge in [0.15, 0.2) is 0 Å². The van der Waals surface area contributed by atoms with E-state index in [0.29, 0.717) is 23.0 Å². The summed E-state index contributed by atoms with van der Waals surface area (Å²) in [4.78, 5) is 12.4. The fraction of sp³-hybridized carbons (Fsp3) is 0.333. The molecule has 0 aliphatic carbocycles. The van der Waals surface area contributed by atoms with Crippen molar-refractivity contribution in [3.8, 4) is 17.3 Å². The first kappa shape index (κ1) is 22.8. The first-order valence-corrected chi connectivity index (χ1v) is 10.4. The van der Waals surface area contributed by atoms with Crippen LogP contribution in [-0.4, -0.2) is 20.8 Å². The number of aryl methyl sites for hydroxylation is 1. The molecule has 0 unspecified atom stereocenters. The maximum absolute atomic E-state index is 12.4. The van der Waals surface area contributed by atoms with Crippen molar-refractivity contribution in [3.63, 3.8) is 0 Å². The van der Waals surface area contributed by atoms with E-state index >= 15 is 0 Å². The third kappa shape index (κ3) is 5.24. The average Bonchev–Trinajstić information content (AvgIpc) is 3.30. The number of nitrogen functional groups attached to an aromatic ring is 1. The van der Waals surface area contributed by atoms with Crippen molar-refractivity contribution >= 4 is 17.6 Å².